The predicted molar refractivity (Wildman–Crippen MR) is 97.6 cm³/mol. The molecular weight excluding hydrogens is 294 g/mol. The molecule has 0 amide bonds. The molecule has 0 saturated carbocycles. The lowest BCUT2D eigenvalue weighted by molar-refractivity contribution is 0.482. The highest BCUT2D eigenvalue weighted by atomic mass is 16.5. The van der Waals surface area contributed by atoms with Crippen LogP contribution in [0, 0.1) is 18.3 Å². The highest BCUT2D eigenvalue weighted by Crippen LogP contribution is 2.24. The molecule has 2 nitrogen and oxygen atoms in total. The molecule has 0 aliphatic heterocycles. The summed E-state index contributed by atoms with van der Waals surface area (Å²) in [5, 5.41) is 9.47. The van der Waals surface area contributed by atoms with Crippen LogP contribution in [0.2, 0.25) is 0 Å². The fraction of sp³-hybridized carbons (Fsp3) is 0.0455. The van der Waals surface area contributed by atoms with Gasteiger partial charge in [0.1, 0.15) is 11.5 Å². The number of rotatable bonds is 4. The highest BCUT2D eigenvalue weighted by molar-refractivity contribution is 5.89. The first kappa shape index (κ1) is 15.6. The van der Waals surface area contributed by atoms with Gasteiger partial charge in [-0.05, 0) is 48.4 Å². The summed E-state index contributed by atoms with van der Waals surface area (Å²) < 4.78 is 5.84. The van der Waals surface area contributed by atoms with Crippen LogP contribution in [0.1, 0.15) is 16.7 Å². The maximum Gasteiger partial charge on any atom is 0.128 e. The zero-order chi connectivity index (χ0) is 16.8. The van der Waals surface area contributed by atoms with Crippen molar-refractivity contribution in [1.82, 2.24) is 0 Å². The van der Waals surface area contributed by atoms with E-state index in [4.69, 9.17) is 4.74 Å². The molecule has 0 atom stereocenters. The Labute approximate surface area is 142 Å². The fourth-order valence-electron chi connectivity index (χ4n) is 2.37. The van der Waals surface area contributed by atoms with Crippen LogP contribution in [0.5, 0.6) is 11.5 Å². The Morgan fingerprint density at radius 1 is 0.875 bits per heavy atom. The number of hydrogen-bond donors (Lipinski definition) is 0. The van der Waals surface area contributed by atoms with Crippen molar-refractivity contribution in [2.45, 2.75) is 6.92 Å². The van der Waals surface area contributed by atoms with E-state index in [1.54, 1.807) is 0 Å². The smallest absolute Gasteiger partial charge is 0.128 e. The largest absolute Gasteiger partial charge is 0.457 e. The van der Waals surface area contributed by atoms with Gasteiger partial charge in [-0.1, -0.05) is 60.2 Å². The van der Waals surface area contributed by atoms with Crippen LogP contribution in [0.15, 0.2) is 78.9 Å². The maximum atomic E-state index is 9.47. The highest BCUT2D eigenvalue weighted by Gasteiger charge is 2.02. The minimum absolute atomic E-state index is 0.631. The maximum absolute atomic E-state index is 9.47. The van der Waals surface area contributed by atoms with Gasteiger partial charge in [-0.25, -0.2) is 0 Å². The number of benzene rings is 3. The third-order valence-corrected chi connectivity index (χ3v) is 3.63. The van der Waals surface area contributed by atoms with Gasteiger partial charge in [-0.2, -0.15) is 5.26 Å². The summed E-state index contributed by atoms with van der Waals surface area (Å²) in [6.45, 7) is 2.03. The third-order valence-electron chi connectivity index (χ3n) is 3.63. The summed E-state index contributed by atoms with van der Waals surface area (Å²) >= 11 is 0. The lowest BCUT2D eigenvalue weighted by Gasteiger charge is -2.06. The molecule has 0 radical (unpaired) electrons. The average molecular weight is 311 g/mol. The van der Waals surface area contributed by atoms with E-state index in [0.29, 0.717) is 5.57 Å². The van der Waals surface area contributed by atoms with E-state index in [1.807, 2.05) is 91.9 Å². The molecule has 0 N–H and O–H groups in total. The van der Waals surface area contributed by atoms with E-state index < -0.39 is 0 Å². The Hall–Kier alpha value is -3.31. The van der Waals surface area contributed by atoms with Crippen molar-refractivity contribution in [1.29, 1.82) is 5.26 Å². The quantitative estimate of drug-likeness (QED) is 0.447. The van der Waals surface area contributed by atoms with Crippen LogP contribution in [-0.2, 0) is 0 Å². The van der Waals surface area contributed by atoms with E-state index in [9.17, 15) is 5.26 Å². The number of nitrogens with zero attached hydrogens (tertiary/aromatic N) is 1. The van der Waals surface area contributed by atoms with Gasteiger partial charge in [-0.3, -0.25) is 0 Å². The second kappa shape index (κ2) is 7.30. The molecule has 116 valence electrons. The molecule has 0 fully saturated rings. The second-order valence-corrected chi connectivity index (χ2v) is 5.52. The fourth-order valence-corrected chi connectivity index (χ4v) is 2.37. The molecule has 0 bridgehead atoms. The van der Waals surface area contributed by atoms with Crippen molar-refractivity contribution in [3.8, 4) is 17.6 Å². The molecule has 0 saturated heterocycles. The van der Waals surface area contributed by atoms with Gasteiger partial charge in [0, 0.05) is 0 Å². The van der Waals surface area contributed by atoms with Crippen molar-refractivity contribution in [2.75, 3.05) is 0 Å². The minimum atomic E-state index is 0.631. The van der Waals surface area contributed by atoms with Crippen LogP contribution < -0.4 is 4.74 Å². The Morgan fingerprint density at radius 2 is 1.58 bits per heavy atom. The molecule has 3 rings (SSSR count). The minimum Gasteiger partial charge on any atom is -0.457 e. The first-order chi connectivity index (χ1) is 11.7. The van der Waals surface area contributed by atoms with E-state index in [1.165, 1.54) is 5.56 Å². The topological polar surface area (TPSA) is 33.0 Å². The summed E-state index contributed by atoms with van der Waals surface area (Å²) in [7, 11) is 0. The normalized spacial score (nSPS) is 10.9. The number of hydrogen-bond acceptors (Lipinski definition) is 2. The Bertz CT molecular complexity index is 887. The molecule has 24 heavy (non-hydrogen) atoms. The zero-order valence-electron chi connectivity index (χ0n) is 13.4. The number of allylic oxidation sites excluding steroid dienone is 1. The summed E-state index contributed by atoms with van der Waals surface area (Å²) in [5.41, 5.74) is 3.65. The molecule has 3 aromatic rings. The van der Waals surface area contributed by atoms with Crippen LogP contribution >= 0.6 is 0 Å². The summed E-state index contributed by atoms with van der Waals surface area (Å²) in [4.78, 5) is 0. The first-order valence-electron chi connectivity index (χ1n) is 7.76. The van der Waals surface area contributed by atoms with E-state index >= 15 is 0 Å². The van der Waals surface area contributed by atoms with Gasteiger partial charge in [0.15, 0.2) is 0 Å². The van der Waals surface area contributed by atoms with Gasteiger partial charge in [0.2, 0.25) is 0 Å². The van der Waals surface area contributed by atoms with E-state index in [0.717, 1.165) is 22.6 Å². The zero-order valence-corrected chi connectivity index (χ0v) is 13.4. The van der Waals surface area contributed by atoms with Gasteiger partial charge >= 0.3 is 0 Å². The van der Waals surface area contributed by atoms with Crippen molar-refractivity contribution < 1.29 is 4.74 Å². The molecule has 0 aliphatic rings. The number of ether oxygens (including phenoxy) is 1. The Morgan fingerprint density at radius 3 is 2.29 bits per heavy atom. The predicted octanol–water partition coefficient (Wildman–Crippen LogP) is 5.85. The van der Waals surface area contributed by atoms with Gasteiger partial charge in [-0.15, -0.1) is 0 Å². The van der Waals surface area contributed by atoms with Crippen LogP contribution in [0.25, 0.3) is 11.6 Å². The summed E-state index contributed by atoms with van der Waals surface area (Å²) in [5.74, 6) is 1.54. The van der Waals surface area contributed by atoms with Crippen LogP contribution in [0.4, 0.5) is 0 Å². The number of nitriles is 1. The summed E-state index contributed by atoms with van der Waals surface area (Å²) in [6.07, 6.45) is 1.88. The molecule has 0 heterocycles. The van der Waals surface area contributed by atoms with Crippen LogP contribution in [0.3, 0.4) is 0 Å². The van der Waals surface area contributed by atoms with Crippen molar-refractivity contribution in [2.24, 2.45) is 0 Å². The van der Waals surface area contributed by atoms with Crippen molar-refractivity contribution in [3.05, 3.63) is 95.6 Å². The van der Waals surface area contributed by atoms with Crippen molar-refractivity contribution in [3.63, 3.8) is 0 Å². The van der Waals surface area contributed by atoms with Gasteiger partial charge in [0.05, 0.1) is 11.6 Å². The SMILES string of the molecule is Cc1ccc(/C(C#N)=C\c2cccc(Oc3ccccc3)c2)cc1. The summed E-state index contributed by atoms with van der Waals surface area (Å²) in [6, 6.07) is 27.6. The molecule has 0 spiro atoms. The van der Waals surface area contributed by atoms with Crippen LogP contribution in [-0.4, -0.2) is 0 Å². The molecule has 0 aliphatic carbocycles. The second-order valence-electron chi connectivity index (χ2n) is 5.52. The third kappa shape index (κ3) is 3.91. The van der Waals surface area contributed by atoms with E-state index in [-0.39, 0.29) is 0 Å². The Balaban J connectivity index is 1.87. The van der Waals surface area contributed by atoms with Gasteiger partial charge in [0.25, 0.3) is 0 Å². The van der Waals surface area contributed by atoms with Crippen molar-refractivity contribution >= 4 is 11.6 Å². The van der Waals surface area contributed by atoms with E-state index in [2.05, 4.69) is 6.07 Å². The Kier molecular flexibility index (Phi) is 4.74. The standard InChI is InChI=1S/C22H17NO/c1-17-10-12-19(13-11-17)20(16-23)14-18-6-5-9-22(15-18)24-21-7-3-2-4-8-21/h2-15H,1H3/b20-14-. The monoisotopic (exact) mass is 311 g/mol. The molecule has 0 aromatic heterocycles. The lowest BCUT2D eigenvalue weighted by Crippen LogP contribution is -1.86. The lowest BCUT2D eigenvalue weighted by atomic mass is 10.0. The number of para-hydroxylation sites is 1. The van der Waals surface area contributed by atoms with Gasteiger partial charge < -0.3 is 4.74 Å². The molecule has 2 heteroatoms. The number of aryl methyl sites for hydroxylation is 1. The average Bonchev–Trinajstić information content (AvgIpc) is 2.62. The molecular formula is C22H17NO. The molecule has 3 aromatic carbocycles. The first-order valence-corrected chi connectivity index (χ1v) is 7.76. The molecule has 0 unspecified atom stereocenters.